The first kappa shape index (κ1) is 13.3. The van der Waals surface area contributed by atoms with Crippen LogP contribution in [-0.4, -0.2) is 16.3 Å². The first-order valence-corrected chi connectivity index (χ1v) is 6.38. The Labute approximate surface area is 113 Å². The minimum absolute atomic E-state index is 0.717. The van der Waals surface area contributed by atoms with Crippen LogP contribution in [0, 0.1) is 18.3 Å². The molecule has 0 aliphatic heterocycles. The predicted molar refractivity (Wildman–Crippen MR) is 74.5 cm³/mol. The molecule has 0 saturated carbocycles. The Morgan fingerprint density at radius 2 is 2.21 bits per heavy atom. The predicted octanol–water partition coefficient (Wildman–Crippen LogP) is 1.93. The third-order valence-corrected chi connectivity index (χ3v) is 3.11. The number of benzene rings is 1. The van der Waals surface area contributed by atoms with Crippen LogP contribution in [0.2, 0.25) is 0 Å². The highest BCUT2D eigenvalue weighted by atomic mass is 15.2. The summed E-state index contributed by atoms with van der Waals surface area (Å²) in [5.41, 5.74) is 4.21. The summed E-state index contributed by atoms with van der Waals surface area (Å²) in [6.07, 6.45) is 2.89. The molecule has 0 radical (unpaired) electrons. The number of rotatable bonds is 5. The summed E-state index contributed by atoms with van der Waals surface area (Å²) in [6.45, 7) is 3.76. The fraction of sp³-hybridized carbons (Fsp3) is 0.333. The Bertz CT molecular complexity index is 592. The average molecular weight is 254 g/mol. The second-order valence-corrected chi connectivity index (χ2v) is 4.66. The van der Waals surface area contributed by atoms with Gasteiger partial charge in [0.05, 0.1) is 17.3 Å². The number of nitriles is 1. The Balaban J connectivity index is 1.81. The van der Waals surface area contributed by atoms with Crippen molar-refractivity contribution < 1.29 is 0 Å². The van der Waals surface area contributed by atoms with Gasteiger partial charge in [0.1, 0.15) is 0 Å². The molecule has 0 aliphatic rings. The van der Waals surface area contributed by atoms with Gasteiger partial charge in [0.15, 0.2) is 0 Å². The van der Waals surface area contributed by atoms with Gasteiger partial charge in [-0.25, -0.2) is 0 Å². The van der Waals surface area contributed by atoms with Gasteiger partial charge in [-0.1, -0.05) is 6.07 Å². The Hall–Kier alpha value is -2.12. The van der Waals surface area contributed by atoms with E-state index in [0.717, 1.165) is 36.3 Å². The Morgan fingerprint density at radius 1 is 1.37 bits per heavy atom. The van der Waals surface area contributed by atoms with Gasteiger partial charge in [-0.3, -0.25) is 4.68 Å². The van der Waals surface area contributed by atoms with Crippen LogP contribution in [0.1, 0.15) is 22.4 Å². The SMILES string of the molecule is Cc1cc(C#N)ccc1CNCCc1ccn(C)n1. The molecule has 2 aromatic rings. The first-order chi connectivity index (χ1) is 9.19. The van der Waals surface area contributed by atoms with E-state index in [9.17, 15) is 0 Å². The van der Waals surface area contributed by atoms with Crippen LogP contribution >= 0.6 is 0 Å². The maximum absolute atomic E-state index is 8.82. The number of nitrogens with one attached hydrogen (secondary N) is 1. The minimum atomic E-state index is 0.717. The molecule has 0 amide bonds. The molecular formula is C15H18N4. The summed E-state index contributed by atoms with van der Waals surface area (Å²) in [7, 11) is 1.93. The Morgan fingerprint density at radius 3 is 2.84 bits per heavy atom. The topological polar surface area (TPSA) is 53.6 Å². The third-order valence-electron chi connectivity index (χ3n) is 3.11. The van der Waals surface area contributed by atoms with Crippen molar-refractivity contribution in [3.8, 4) is 6.07 Å². The van der Waals surface area contributed by atoms with Crippen molar-refractivity contribution in [1.29, 1.82) is 5.26 Å². The van der Waals surface area contributed by atoms with Crippen LogP contribution in [-0.2, 0) is 20.0 Å². The van der Waals surface area contributed by atoms with Gasteiger partial charge in [-0.2, -0.15) is 10.4 Å². The molecule has 98 valence electrons. The molecule has 1 aromatic heterocycles. The van der Waals surface area contributed by atoms with Gasteiger partial charge < -0.3 is 5.32 Å². The molecule has 0 spiro atoms. The molecular weight excluding hydrogens is 236 g/mol. The molecule has 4 heteroatoms. The fourth-order valence-corrected chi connectivity index (χ4v) is 2.00. The number of hydrogen-bond acceptors (Lipinski definition) is 3. The monoisotopic (exact) mass is 254 g/mol. The zero-order valence-corrected chi connectivity index (χ0v) is 11.3. The molecule has 1 heterocycles. The van der Waals surface area contributed by atoms with E-state index in [-0.39, 0.29) is 0 Å². The van der Waals surface area contributed by atoms with E-state index in [1.165, 1.54) is 5.56 Å². The van der Waals surface area contributed by atoms with Gasteiger partial charge in [-0.05, 0) is 36.2 Å². The first-order valence-electron chi connectivity index (χ1n) is 6.38. The van der Waals surface area contributed by atoms with E-state index in [0.29, 0.717) is 0 Å². The zero-order valence-electron chi connectivity index (χ0n) is 11.3. The lowest BCUT2D eigenvalue weighted by Gasteiger charge is -2.07. The van der Waals surface area contributed by atoms with Crippen molar-refractivity contribution in [2.24, 2.45) is 7.05 Å². The van der Waals surface area contributed by atoms with Gasteiger partial charge in [0.25, 0.3) is 0 Å². The molecule has 4 nitrogen and oxygen atoms in total. The second-order valence-electron chi connectivity index (χ2n) is 4.66. The molecule has 0 saturated heterocycles. The minimum Gasteiger partial charge on any atom is -0.312 e. The van der Waals surface area contributed by atoms with Gasteiger partial charge in [0.2, 0.25) is 0 Å². The summed E-state index contributed by atoms with van der Waals surface area (Å²) in [5, 5.41) is 16.6. The number of nitrogens with zero attached hydrogens (tertiary/aromatic N) is 3. The van der Waals surface area contributed by atoms with E-state index in [4.69, 9.17) is 5.26 Å². The van der Waals surface area contributed by atoms with E-state index in [2.05, 4.69) is 16.5 Å². The quantitative estimate of drug-likeness (QED) is 0.830. The number of aromatic nitrogens is 2. The van der Waals surface area contributed by atoms with Gasteiger partial charge in [-0.15, -0.1) is 0 Å². The normalized spacial score (nSPS) is 10.4. The molecule has 0 unspecified atom stereocenters. The maximum Gasteiger partial charge on any atom is 0.0991 e. The van der Waals surface area contributed by atoms with E-state index < -0.39 is 0 Å². The van der Waals surface area contributed by atoms with Crippen molar-refractivity contribution in [3.05, 3.63) is 52.8 Å². The molecule has 0 aliphatic carbocycles. The summed E-state index contributed by atoms with van der Waals surface area (Å²) >= 11 is 0. The Kier molecular flexibility index (Phi) is 4.32. The standard InChI is InChI=1S/C15H18N4/c1-12-9-13(10-16)3-4-14(12)11-17-7-5-15-6-8-19(2)18-15/h3-4,6,8-9,17H,5,7,11H2,1-2H3. The second kappa shape index (κ2) is 6.17. The van der Waals surface area contributed by atoms with Crippen LogP contribution in [0.15, 0.2) is 30.5 Å². The lowest BCUT2D eigenvalue weighted by molar-refractivity contribution is 0.664. The third kappa shape index (κ3) is 3.67. The van der Waals surface area contributed by atoms with Crippen molar-refractivity contribution in [1.82, 2.24) is 15.1 Å². The van der Waals surface area contributed by atoms with Crippen molar-refractivity contribution in [2.45, 2.75) is 19.9 Å². The van der Waals surface area contributed by atoms with E-state index >= 15 is 0 Å². The molecule has 1 aromatic carbocycles. The average Bonchev–Trinajstić information content (AvgIpc) is 2.82. The molecule has 19 heavy (non-hydrogen) atoms. The van der Waals surface area contributed by atoms with Crippen LogP contribution in [0.25, 0.3) is 0 Å². The highest BCUT2D eigenvalue weighted by molar-refractivity contribution is 5.37. The largest absolute Gasteiger partial charge is 0.312 e. The highest BCUT2D eigenvalue weighted by Crippen LogP contribution is 2.10. The summed E-state index contributed by atoms with van der Waals surface area (Å²) in [5.74, 6) is 0. The van der Waals surface area contributed by atoms with E-state index in [1.807, 2.05) is 49.1 Å². The molecule has 2 rings (SSSR count). The van der Waals surface area contributed by atoms with E-state index in [1.54, 1.807) is 0 Å². The van der Waals surface area contributed by atoms with Crippen molar-refractivity contribution >= 4 is 0 Å². The lowest BCUT2D eigenvalue weighted by atomic mass is 10.1. The lowest BCUT2D eigenvalue weighted by Crippen LogP contribution is -2.17. The number of hydrogen-bond donors (Lipinski definition) is 1. The van der Waals surface area contributed by atoms with Crippen LogP contribution < -0.4 is 5.32 Å². The fourth-order valence-electron chi connectivity index (χ4n) is 2.00. The summed E-state index contributed by atoms with van der Waals surface area (Å²) in [6, 6.07) is 10.00. The highest BCUT2D eigenvalue weighted by Gasteiger charge is 2.00. The van der Waals surface area contributed by atoms with Gasteiger partial charge >= 0.3 is 0 Å². The summed E-state index contributed by atoms with van der Waals surface area (Å²) < 4.78 is 1.82. The van der Waals surface area contributed by atoms with Crippen molar-refractivity contribution in [3.63, 3.8) is 0 Å². The van der Waals surface area contributed by atoms with Crippen molar-refractivity contribution in [2.75, 3.05) is 6.54 Å². The van der Waals surface area contributed by atoms with Gasteiger partial charge in [0, 0.05) is 32.8 Å². The van der Waals surface area contributed by atoms with Crippen LogP contribution in [0.4, 0.5) is 0 Å². The zero-order chi connectivity index (χ0) is 13.7. The molecule has 1 N–H and O–H groups in total. The maximum atomic E-state index is 8.82. The smallest absolute Gasteiger partial charge is 0.0991 e. The van der Waals surface area contributed by atoms with Crippen LogP contribution in [0.3, 0.4) is 0 Å². The molecule has 0 bridgehead atoms. The van der Waals surface area contributed by atoms with Crippen LogP contribution in [0.5, 0.6) is 0 Å². The number of aryl methyl sites for hydroxylation is 2. The summed E-state index contributed by atoms with van der Waals surface area (Å²) in [4.78, 5) is 0. The molecule has 0 atom stereocenters. The molecule has 0 fully saturated rings.